The van der Waals surface area contributed by atoms with Crippen molar-refractivity contribution >= 4 is 23.1 Å². The number of benzene rings is 2. The van der Waals surface area contributed by atoms with Crippen LogP contribution in [0.5, 0.6) is 0 Å². The highest BCUT2D eigenvalue weighted by molar-refractivity contribution is 7.91. The second kappa shape index (κ2) is 21.5. The van der Waals surface area contributed by atoms with Gasteiger partial charge < -0.3 is 14.8 Å². The van der Waals surface area contributed by atoms with Crippen molar-refractivity contribution in [2.45, 2.75) is 113 Å². The summed E-state index contributed by atoms with van der Waals surface area (Å²) >= 11 is -1.87. The van der Waals surface area contributed by atoms with Gasteiger partial charge in [0.05, 0.1) is 0 Å². The summed E-state index contributed by atoms with van der Waals surface area (Å²) in [6.45, 7) is 3.47. The molecule has 42 heavy (non-hydrogen) atoms. The van der Waals surface area contributed by atoms with E-state index in [2.05, 4.69) is 42.1 Å². The molecule has 6 nitrogen and oxygen atoms in total. The second-order valence-corrected chi connectivity index (χ2v) is 12.0. The monoisotopic (exact) mass is 594 g/mol. The van der Waals surface area contributed by atoms with Crippen LogP contribution in [0.2, 0.25) is 0 Å². The molecule has 0 spiro atoms. The van der Waals surface area contributed by atoms with Crippen molar-refractivity contribution in [2.75, 3.05) is 0 Å². The van der Waals surface area contributed by atoms with Crippen LogP contribution in [0, 0.1) is 0 Å². The first-order valence-corrected chi connectivity index (χ1v) is 16.6. The molecule has 0 fully saturated rings. The van der Waals surface area contributed by atoms with Crippen molar-refractivity contribution < 1.29 is 28.9 Å². The molecule has 0 unspecified atom stereocenters. The van der Waals surface area contributed by atoms with Crippen LogP contribution in [0.4, 0.5) is 0 Å². The Hall–Kier alpha value is -3.16. The maximum absolute atomic E-state index is 12.5. The molecule has 2 aromatic carbocycles. The van der Waals surface area contributed by atoms with Gasteiger partial charge in [0, 0.05) is 29.7 Å². The Morgan fingerprint density at radius 1 is 0.595 bits per heavy atom. The van der Waals surface area contributed by atoms with Crippen LogP contribution >= 0.6 is 0 Å². The first-order chi connectivity index (χ1) is 20.5. The zero-order valence-corrected chi connectivity index (χ0v) is 25.9. The number of unbranched alkanes of at least 4 members (excludes halogenated alkanes) is 13. The summed E-state index contributed by atoms with van der Waals surface area (Å²) in [6.07, 6.45) is 24.4. The Kier molecular flexibility index (Phi) is 18.0. The number of aromatic nitrogens is 1. The molecule has 0 aliphatic heterocycles. The third kappa shape index (κ3) is 13.7. The molecule has 0 saturated heterocycles. The van der Waals surface area contributed by atoms with E-state index >= 15 is 0 Å². The number of rotatable bonds is 19. The molecule has 0 saturated carbocycles. The van der Waals surface area contributed by atoms with E-state index in [0.29, 0.717) is 0 Å². The minimum atomic E-state index is -1.87. The van der Waals surface area contributed by atoms with E-state index in [1.807, 2.05) is 0 Å². The molecule has 1 heterocycles. The Morgan fingerprint density at radius 2 is 0.976 bits per heavy atom. The van der Waals surface area contributed by atoms with E-state index in [0.717, 1.165) is 0 Å². The zero-order chi connectivity index (χ0) is 30.4. The number of nitrogens with zero attached hydrogens (tertiary/aromatic N) is 1. The van der Waals surface area contributed by atoms with Crippen LogP contribution in [0.15, 0.2) is 88.9 Å². The fourth-order valence-corrected chi connectivity index (χ4v) is 6.15. The molecule has 0 atom stereocenters. The summed E-state index contributed by atoms with van der Waals surface area (Å²) in [6, 6.07) is 18.0. The highest BCUT2D eigenvalue weighted by Gasteiger charge is 2.26. The van der Waals surface area contributed by atoms with E-state index in [9.17, 15) is 14.1 Å². The zero-order valence-electron chi connectivity index (χ0n) is 25.1. The molecular weight excluding hydrogens is 546 g/mol. The van der Waals surface area contributed by atoms with Crippen molar-refractivity contribution in [3.63, 3.8) is 0 Å². The van der Waals surface area contributed by atoms with E-state index in [-0.39, 0.29) is 20.9 Å². The van der Waals surface area contributed by atoms with Crippen LogP contribution in [0.25, 0.3) is 0 Å². The fraction of sp³-hybridized carbons (Fsp3) is 0.457. The van der Waals surface area contributed by atoms with Gasteiger partial charge in [0.2, 0.25) is 0 Å². The minimum absolute atomic E-state index is 0.0775. The first kappa shape index (κ1) is 35.0. The number of carboxylic acid groups (broad SMARTS) is 2. The normalized spacial score (nSPS) is 10.7. The Bertz CT molecular complexity index is 1110. The van der Waals surface area contributed by atoms with Gasteiger partial charge in [0.25, 0.3) is 0 Å². The topological polar surface area (TPSA) is 102 Å². The van der Waals surface area contributed by atoms with Gasteiger partial charge in [-0.1, -0.05) is 114 Å². The second-order valence-electron chi connectivity index (χ2n) is 10.6. The number of pyridine rings is 1. The molecule has 3 rings (SSSR count). The van der Waals surface area contributed by atoms with Gasteiger partial charge in [-0.05, 0) is 30.7 Å². The minimum Gasteiger partial charge on any atom is -0.606 e. The van der Waals surface area contributed by atoms with Crippen molar-refractivity contribution in [1.82, 2.24) is 0 Å². The molecule has 1 aromatic heterocycles. The molecule has 228 valence electrons. The van der Waals surface area contributed by atoms with Crippen LogP contribution < -0.4 is 4.57 Å². The molecule has 2 N–H and O–H groups in total. The Morgan fingerprint density at radius 3 is 1.38 bits per heavy atom. The van der Waals surface area contributed by atoms with Crippen LogP contribution in [-0.2, 0) is 17.7 Å². The lowest BCUT2D eigenvalue weighted by Gasteiger charge is -2.13. The summed E-state index contributed by atoms with van der Waals surface area (Å²) in [5.41, 5.74) is -0.211. The molecule has 0 aliphatic carbocycles. The van der Waals surface area contributed by atoms with E-state index in [4.69, 9.17) is 10.2 Å². The Balaban J connectivity index is 0.000000294. The smallest absolute Gasteiger partial charge is 0.340 e. The standard InChI is InChI=1S/C21H38N.C14H10O5S/c1-2-3-4-5-6-7-8-9-10-11-12-13-14-16-19-22-20-17-15-18-21-22;15-13(16)9-5-1-3-7-11(9)20(19)12-8-4-2-6-10(12)14(17)18/h15,17-18,20-21H,2-14,16,19H2,1H3;1-8H,(H,15,16)(H,17,18)/q+1;. The number of aromatic carboxylic acids is 2. The third-order valence-corrected chi connectivity index (χ3v) is 8.69. The van der Waals surface area contributed by atoms with Crippen molar-refractivity contribution in [2.24, 2.45) is 0 Å². The molecular formula is C35H48NO5S+. The van der Waals surface area contributed by atoms with Crippen molar-refractivity contribution in [3.8, 4) is 0 Å². The highest BCUT2D eigenvalue weighted by Crippen LogP contribution is 2.26. The number of carboxylic acids is 2. The van der Waals surface area contributed by atoms with Crippen LogP contribution in [0.1, 0.15) is 118 Å². The predicted octanol–water partition coefficient (Wildman–Crippen LogP) is 8.71. The lowest BCUT2D eigenvalue weighted by molar-refractivity contribution is -0.697. The molecule has 0 radical (unpaired) electrons. The van der Waals surface area contributed by atoms with E-state index in [1.165, 1.54) is 133 Å². The lowest BCUT2D eigenvalue weighted by atomic mass is 10.0. The van der Waals surface area contributed by atoms with Crippen LogP contribution in [-0.4, -0.2) is 26.7 Å². The molecule has 3 aromatic rings. The van der Waals surface area contributed by atoms with Gasteiger partial charge in [-0.2, -0.15) is 0 Å². The highest BCUT2D eigenvalue weighted by atomic mass is 32.2. The summed E-state index contributed by atoms with van der Waals surface area (Å²) in [7, 11) is 0. The first-order valence-electron chi connectivity index (χ1n) is 15.5. The molecule has 0 amide bonds. The molecule has 0 bridgehead atoms. The fourth-order valence-electron chi connectivity index (χ4n) is 4.80. The van der Waals surface area contributed by atoms with E-state index < -0.39 is 23.1 Å². The number of hydrogen-bond donors (Lipinski definition) is 2. The summed E-state index contributed by atoms with van der Waals surface area (Å²) < 4.78 is 14.8. The largest absolute Gasteiger partial charge is 0.606 e. The lowest BCUT2D eigenvalue weighted by Crippen LogP contribution is -2.32. The Labute approximate surface area is 255 Å². The van der Waals surface area contributed by atoms with Crippen LogP contribution in [0.3, 0.4) is 0 Å². The SMILES string of the molecule is CCCCCCCCCCCCCCCC[n+]1ccccc1.O=C(O)c1ccccc1[S+]([O-])c1ccccc1C(=O)O. The summed E-state index contributed by atoms with van der Waals surface area (Å²) in [4.78, 5) is 22.4. The average Bonchev–Trinajstić information content (AvgIpc) is 3.01. The van der Waals surface area contributed by atoms with E-state index in [1.54, 1.807) is 12.1 Å². The maximum Gasteiger partial charge on any atom is 0.340 e. The molecule has 0 aliphatic rings. The predicted molar refractivity (Wildman–Crippen MR) is 168 cm³/mol. The van der Waals surface area contributed by atoms with Crippen molar-refractivity contribution in [3.05, 3.63) is 90.3 Å². The van der Waals surface area contributed by atoms with Crippen molar-refractivity contribution in [1.29, 1.82) is 0 Å². The third-order valence-electron chi connectivity index (χ3n) is 7.18. The number of hydrogen-bond acceptors (Lipinski definition) is 3. The van der Waals surface area contributed by atoms with Gasteiger partial charge in [0.1, 0.15) is 17.7 Å². The van der Waals surface area contributed by atoms with Gasteiger partial charge in [-0.15, -0.1) is 0 Å². The molecule has 7 heteroatoms. The van der Waals surface area contributed by atoms with Gasteiger partial charge in [-0.3, -0.25) is 0 Å². The maximum atomic E-state index is 12.5. The van der Waals surface area contributed by atoms with Gasteiger partial charge in [0.15, 0.2) is 22.2 Å². The van der Waals surface area contributed by atoms with Gasteiger partial charge in [-0.25, -0.2) is 14.2 Å². The quantitative estimate of drug-likeness (QED) is 0.0821. The summed E-state index contributed by atoms with van der Waals surface area (Å²) in [5.74, 6) is -2.41. The number of carbonyl (C=O) groups is 2. The number of aryl methyl sites for hydroxylation is 1. The summed E-state index contributed by atoms with van der Waals surface area (Å²) in [5, 5.41) is 18.2. The average molecular weight is 595 g/mol. The van der Waals surface area contributed by atoms with Gasteiger partial charge >= 0.3 is 11.9 Å².